The predicted octanol–water partition coefficient (Wildman–Crippen LogP) is 7.63. The van der Waals surface area contributed by atoms with E-state index >= 15 is 0 Å². The first-order chi connectivity index (χ1) is 17.9. The number of carbonyl (C=O) groups excluding carboxylic acids is 1. The summed E-state index contributed by atoms with van der Waals surface area (Å²) in [6, 6.07) is 25.1. The Hall–Kier alpha value is -4.27. The molecular weight excluding hydrogens is 484 g/mol. The maximum Gasteiger partial charge on any atom is 0.266 e. The number of nitrogens with one attached hydrogen (secondary N) is 1. The van der Waals surface area contributed by atoms with E-state index in [4.69, 9.17) is 21.1 Å². The van der Waals surface area contributed by atoms with Gasteiger partial charge in [-0.2, -0.15) is 5.26 Å². The van der Waals surface area contributed by atoms with Crippen LogP contribution in [-0.2, 0) is 11.4 Å². The number of para-hydroxylation sites is 1. The molecule has 0 aliphatic carbocycles. The first-order valence-corrected chi connectivity index (χ1v) is 12.3. The van der Waals surface area contributed by atoms with Crippen LogP contribution in [0.5, 0.6) is 11.5 Å². The van der Waals surface area contributed by atoms with Crippen molar-refractivity contribution in [2.45, 2.75) is 27.4 Å². The van der Waals surface area contributed by atoms with Gasteiger partial charge in [0, 0.05) is 11.3 Å². The average Bonchev–Trinajstić information content (AvgIpc) is 2.89. The summed E-state index contributed by atoms with van der Waals surface area (Å²) in [5.74, 6) is 0.351. The summed E-state index contributed by atoms with van der Waals surface area (Å²) in [6.07, 6.45) is 1.49. The van der Waals surface area contributed by atoms with Crippen LogP contribution in [0, 0.1) is 25.2 Å². The van der Waals surface area contributed by atoms with Gasteiger partial charge in [-0.15, -0.1) is 0 Å². The molecule has 4 aromatic rings. The number of nitriles is 1. The molecule has 186 valence electrons. The van der Waals surface area contributed by atoms with Crippen LogP contribution in [0.1, 0.15) is 29.2 Å². The van der Waals surface area contributed by atoms with E-state index in [9.17, 15) is 10.1 Å². The Morgan fingerprint density at radius 2 is 1.76 bits per heavy atom. The molecule has 0 radical (unpaired) electrons. The van der Waals surface area contributed by atoms with Crippen molar-refractivity contribution in [3.05, 3.63) is 106 Å². The number of halogens is 1. The molecular formula is C31H27ClN2O3. The number of nitrogens with zero attached hydrogens (tertiary/aromatic N) is 1. The van der Waals surface area contributed by atoms with Gasteiger partial charge >= 0.3 is 0 Å². The van der Waals surface area contributed by atoms with Crippen molar-refractivity contribution in [3.63, 3.8) is 0 Å². The minimum atomic E-state index is -0.502. The predicted molar refractivity (Wildman–Crippen MR) is 149 cm³/mol. The lowest BCUT2D eigenvalue weighted by atomic mass is 10.0. The number of ether oxygens (including phenoxy) is 2. The number of aryl methyl sites for hydroxylation is 2. The standard InChI is InChI=1S/C31H27ClN2O3/c1-4-36-29-17-22(15-24(18-33)31(35)34-28-12-8-5-9-21(28)3)16-27(32)30(29)37-19-26-20(2)13-14-23-10-6-7-11-25(23)26/h5-17H,4,19H2,1-3H3,(H,34,35)/b24-15+. The number of carbonyl (C=O) groups is 1. The molecule has 5 nitrogen and oxygen atoms in total. The van der Waals surface area contributed by atoms with Gasteiger partial charge in [0.1, 0.15) is 18.2 Å². The first-order valence-electron chi connectivity index (χ1n) is 12.0. The van der Waals surface area contributed by atoms with Crippen LogP contribution in [0.15, 0.2) is 78.4 Å². The van der Waals surface area contributed by atoms with Gasteiger partial charge in [-0.05, 0) is 72.5 Å². The Labute approximate surface area is 221 Å². The van der Waals surface area contributed by atoms with Crippen LogP contribution < -0.4 is 14.8 Å². The molecule has 0 saturated carbocycles. The van der Waals surface area contributed by atoms with E-state index in [1.807, 2.05) is 50.2 Å². The molecule has 0 aromatic heterocycles. The van der Waals surface area contributed by atoms with Gasteiger partial charge in [-0.25, -0.2) is 0 Å². The summed E-state index contributed by atoms with van der Waals surface area (Å²) >= 11 is 6.63. The number of anilines is 1. The molecule has 4 rings (SSSR count). The minimum absolute atomic E-state index is 0.0539. The number of hydrogen-bond donors (Lipinski definition) is 1. The van der Waals surface area contributed by atoms with Gasteiger partial charge < -0.3 is 14.8 Å². The molecule has 0 heterocycles. The molecule has 4 aromatic carbocycles. The fourth-order valence-electron chi connectivity index (χ4n) is 4.07. The van der Waals surface area contributed by atoms with Crippen LogP contribution in [0.3, 0.4) is 0 Å². The maximum atomic E-state index is 12.8. The molecule has 0 aliphatic rings. The van der Waals surface area contributed by atoms with Gasteiger partial charge in [-0.3, -0.25) is 4.79 Å². The highest BCUT2D eigenvalue weighted by molar-refractivity contribution is 6.32. The Morgan fingerprint density at radius 3 is 2.51 bits per heavy atom. The Bertz CT molecular complexity index is 1540. The lowest BCUT2D eigenvalue weighted by Gasteiger charge is -2.17. The smallest absolute Gasteiger partial charge is 0.266 e. The summed E-state index contributed by atoms with van der Waals surface area (Å²) in [6.45, 7) is 6.51. The Morgan fingerprint density at radius 1 is 1.00 bits per heavy atom. The quantitative estimate of drug-likeness (QED) is 0.195. The van der Waals surface area contributed by atoms with E-state index in [1.54, 1.807) is 18.2 Å². The van der Waals surface area contributed by atoms with E-state index in [2.05, 4.69) is 36.5 Å². The molecule has 0 unspecified atom stereocenters. The minimum Gasteiger partial charge on any atom is -0.490 e. The number of amides is 1. The van der Waals surface area contributed by atoms with Crippen molar-refractivity contribution < 1.29 is 14.3 Å². The van der Waals surface area contributed by atoms with Gasteiger partial charge in [0.05, 0.1) is 11.6 Å². The second-order valence-electron chi connectivity index (χ2n) is 8.57. The van der Waals surface area contributed by atoms with Crippen LogP contribution in [0.4, 0.5) is 5.69 Å². The zero-order valence-electron chi connectivity index (χ0n) is 21.0. The van der Waals surface area contributed by atoms with Crippen LogP contribution >= 0.6 is 11.6 Å². The zero-order valence-corrected chi connectivity index (χ0v) is 21.7. The van der Waals surface area contributed by atoms with Crippen molar-refractivity contribution >= 4 is 40.0 Å². The number of fused-ring (bicyclic) bond motifs is 1. The SMILES string of the molecule is CCOc1cc(/C=C(\C#N)C(=O)Nc2ccccc2C)cc(Cl)c1OCc1c(C)ccc2ccccc12. The highest BCUT2D eigenvalue weighted by Crippen LogP contribution is 2.38. The Balaban J connectivity index is 1.62. The van der Waals surface area contributed by atoms with Gasteiger partial charge in [0.25, 0.3) is 5.91 Å². The second kappa shape index (κ2) is 11.6. The van der Waals surface area contributed by atoms with Crippen LogP contribution in [0.25, 0.3) is 16.8 Å². The maximum absolute atomic E-state index is 12.8. The van der Waals surface area contributed by atoms with Crippen molar-refractivity contribution in [1.29, 1.82) is 5.26 Å². The largest absolute Gasteiger partial charge is 0.490 e. The molecule has 0 spiro atoms. The summed E-state index contributed by atoms with van der Waals surface area (Å²) in [5.41, 5.74) is 4.23. The van der Waals surface area contributed by atoms with Gasteiger partial charge in [0.15, 0.2) is 11.5 Å². The molecule has 1 amide bonds. The van der Waals surface area contributed by atoms with Crippen molar-refractivity contribution in [1.82, 2.24) is 0 Å². The molecule has 0 fully saturated rings. The third-order valence-corrected chi connectivity index (χ3v) is 6.32. The monoisotopic (exact) mass is 510 g/mol. The van der Waals surface area contributed by atoms with E-state index < -0.39 is 5.91 Å². The number of benzene rings is 4. The second-order valence-corrected chi connectivity index (χ2v) is 8.98. The molecule has 0 saturated heterocycles. The van der Waals surface area contributed by atoms with Crippen LogP contribution in [0.2, 0.25) is 5.02 Å². The number of hydrogen-bond acceptors (Lipinski definition) is 4. The van der Waals surface area contributed by atoms with Crippen molar-refractivity contribution in [2.24, 2.45) is 0 Å². The van der Waals surface area contributed by atoms with E-state index in [0.717, 1.165) is 27.5 Å². The summed E-state index contributed by atoms with van der Waals surface area (Å²) in [5, 5.41) is 15.0. The average molecular weight is 511 g/mol. The summed E-state index contributed by atoms with van der Waals surface area (Å²) in [4.78, 5) is 12.8. The topological polar surface area (TPSA) is 71.3 Å². The number of rotatable bonds is 8. The molecule has 0 bridgehead atoms. The van der Waals surface area contributed by atoms with E-state index in [1.165, 1.54) is 6.08 Å². The molecule has 0 atom stereocenters. The first kappa shape index (κ1) is 25.8. The highest BCUT2D eigenvalue weighted by Gasteiger charge is 2.16. The molecule has 6 heteroatoms. The lowest BCUT2D eigenvalue weighted by Crippen LogP contribution is -2.14. The summed E-state index contributed by atoms with van der Waals surface area (Å²) in [7, 11) is 0. The molecule has 37 heavy (non-hydrogen) atoms. The highest BCUT2D eigenvalue weighted by atomic mass is 35.5. The zero-order chi connectivity index (χ0) is 26.4. The fourth-order valence-corrected chi connectivity index (χ4v) is 4.35. The lowest BCUT2D eigenvalue weighted by molar-refractivity contribution is -0.112. The Kier molecular flexibility index (Phi) is 8.12. The van der Waals surface area contributed by atoms with E-state index in [0.29, 0.717) is 41.0 Å². The normalized spacial score (nSPS) is 11.2. The van der Waals surface area contributed by atoms with Gasteiger partial charge in [-0.1, -0.05) is 66.2 Å². The van der Waals surface area contributed by atoms with E-state index in [-0.39, 0.29) is 5.57 Å². The van der Waals surface area contributed by atoms with Gasteiger partial charge in [0.2, 0.25) is 0 Å². The van der Waals surface area contributed by atoms with Crippen molar-refractivity contribution in [2.75, 3.05) is 11.9 Å². The third kappa shape index (κ3) is 5.94. The molecule has 0 aliphatic heterocycles. The van der Waals surface area contributed by atoms with Crippen LogP contribution in [-0.4, -0.2) is 12.5 Å². The fraction of sp³-hybridized carbons (Fsp3) is 0.161. The summed E-state index contributed by atoms with van der Waals surface area (Å²) < 4.78 is 12.0. The van der Waals surface area contributed by atoms with Crippen molar-refractivity contribution in [3.8, 4) is 17.6 Å². The molecule has 1 N–H and O–H groups in total. The third-order valence-electron chi connectivity index (χ3n) is 6.04.